The summed E-state index contributed by atoms with van der Waals surface area (Å²) in [7, 11) is 0. The summed E-state index contributed by atoms with van der Waals surface area (Å²) in [6, 6.07) is 8.87. The molecule has 2 heterocycles. The Bertz CT molecular complexity index is 374. The molecule has 0 saturated carbocycles. The second kappa shape index (κ2) is 5.68. The van der Waals surface area contributed by atoms with Crippen LogP contribution in [0.25, 0.3) is 0 Å². The molecule has 1 aromatic carbocycles. The molecule has 0 aliphatic carbocycles. The van der Waals surface area contributed by atoms with E-state index in [2.05, 4.69) is 36.0 Å². The largest absolute Gasteiger partial charge is 0.377 e. The van der Waals surface area contributed by atoms with Crippen LogP contribution in [0.3, 0.4) is 0 Å². The second-order valence-corrected chi connectivity index (χ2v) is 6.85. The molecule has 1 aromatic rings. The molecular weight excluding hydrogens is 248 g/mol. The highest BCUT2D eigenvalue weighted by Crippen LogP contribution is 2.40. The highest BCUT2D eigenvalue weighted by molar-refractivity contribution is 8.00. The molecule has 92 valence electrons. The van der Waals surface area contributed by atoms with E-state index in [4.69, 9.17) is 4.74 Å². The number of benzene rings is 1. The lowest BCUT2D eigenvalue weighted by atomic mass is 10.0. The molecule has 0 radical (unpaired) electrons. The van der Waals surface area contributed by atoms with Crippen LogP contribution in [0.1, 0.15) is 24.3 Å². The number of ether oxygens (including phenoxy) is 1. The third-order valence-corrected chi connectivity index (χ3v) is 5.94. The maximum Gasteiger partial charge on any atom is 0.0666 e. The van der Waals surface area contributed by atoms with Crippen molar-refractivity contribution in [3.8, 4) is 0 Å². The van der Waals surface area contributed by atoms with Gasteiger partial charge in [0.25, 0.3) is 0 Å². The van der Waals surface area contributed by atoms with Crippen molar-refractivity contribution in [1.82, 2.24) is 0 Å². The van der Waals surface area contributed by atoms with Crippen LogP contribution >= 0.6 is 23.5 Å². The summed E-state index contributed by atoms with van der Waals surface area (Å²) < 4.78 is 5.66. The van der Waals surface area contributed by atoms with Crippen molar-refractivity contribution < 1.29 is 4.74 Å². The van der Waals surface area contributed by atoms with Crippen molar-refractivity contribution in [1.29, 1.82) is 0 Å². The smallest absolute Gasteiger partial charge is 0.0666 e. The van der Waals surface area contributed by atoms with Gasteiger partial charge in [-0.25, -0.2) is 0 Å². The Kier molecular flexibility index (Phi) is 3.99. The number of hydrogen-bond acceptors (Lipinski definition) is 3. The van der Waals surface area contributed by atoms with E-state index >= 15 is 0 Å². The highest BCUT2D eigenvalue weighted by atomic mass is 32.2. The van der Waals surface area contributed by atoms with Crippen LogP contribution in [-0.4, -0.2) is 30.0 Å². The van der Waals surface area contributed by atoms with Gasteiger partial charge in [-0.2, -0.15) is 11.8 Å². The average molecular weight is 266 g/mol. The highest BCUT2D eigenvalue weighted by Gasteiger charge is 2.23. The quantitative estimate of drug-likeness (QED) is 0.820. The minimum absolute atomic E-state index is 0.532. The topological polar surface area (TPSA) is 9.23 Å². The summed E-state index contributed by atoms with van der Waals surface area (Å²) >= 11 is 4.09. The van der Waals surface area contributed by atoms with Crippen LogP contribution in [0.15, 0.2) is 29.2 Å². The van der Waals surface area contributed by atoms with Crippen molar-refractivity contribution in [3.63, 3.8) is 0 Å². The molecule has 2 aliphatic rings. The van der Waals surface area contributed by atoms with E-state index in [1.165, 1.54) is 35.0 Å². The summed E-state index contributed by atoms with van der Waals surface area (Å²) in [5, 5.41) is 0. The monoisotopic (exact) mass is 266 g/mol. The van der Waals surface area contributed by atoms with Crippen LogP contribution in [0.5, 0.6) is 0 Å². The van der Waals surface area contributed by atoms with Gasteiger partial charge in [-0.15, -0.1) is 11.8 Å². The normalized spacial score (nSPS) is 27.3. The summed E-state index contributed by atoms with van der Waals surface area (Å²) in [6.07, 6.45) is 3.06. The predicted molar refractivity (Wildman–Crippen MR) is 76.2 cm³/mol. The van der Waals surface area contributed by atoms with E-state index in [1.54, 1.807) is 5.56 Å². The molecule has 1 nitrogen and oxygen atoms in total. The van der Waals surface area contributed by atoms with Crippen molar-refractivity contribution in [2.24, 2.45) is 0 Å². The van der Waals surface area contributed by atoms with Gasteiger partial charge in [0, 0.05) is 34.7 Å². The lowest BCUT2D eigenvalue weighted by Gasteiger charge is -2.12. The Balaban J connectivity index is 1.50. The Morgan fingerprint density at radius 3 is 3.12 bits per heavy atom. The maximum absolute atomic E-state index is 5.66. The molecule has 2 unspecified atom stereocenters. The van der Waals surface area contributed by atoms with Gasteiger partial charge in [0.15, 0.2) is 0 Å². The molecule has 1 fully saturated rings. The van der Waals surface area contributed by atoms with E-state index < -0.39 is 0 Å². The van der Waals surface area contributed by atoms with Gasteiger partial charge >= 0.3 is 0 Å². The fraction of sp³-hybridized carbons (Fsp3) is 0.571. The molecule has 0 spiro atoms. The van der Waals surface area contributed by atoms with Gasteiger partial charge in [0.2, 0.25) is 0 Å². The molecule has 1 saturated heterocycles. The zero-order valence-electron chi connectivity index (χ0n) is 9.93. The zero-order chi connectivity index (χ0) is 11.5. The summed E-state index contributed by atoms with van der Waals surface area (Å²) in [5.41, 5.74) is 1.57. The first-order valence-corrected chi connectivity index (χ1v) is 8.48. The van der Waals surface area contributed by atoms with Crippen molar-refractivity contribution in [2.75, 3.05) is 23.9 Å². The summed E-state index contributed by atoms with van der Waals surface area (Å²) in [6.45, 7) is 0.980. The van der Waals surface area contributed by atoms with Gasteiger partial charge in [-0.05, 0) is 24.5 Å². The summed E-state index contributed by atoms with van der Waals surface area (Å²) in [5.74, 6) is 4.45. The Hall–Kier alpha value is -0.120. The molecule has 0 N–H and O–H groups in total. The summed E-state index contributed by atoms with van der Waals surface area (Å²) in [4.78, 5) is 1.50. The van der Waals surface area contributed by atoms with Gasteiger partial charge < -0.3 is 4.74 Å². The Morgan fingerprint density at radius 1 is 1.29 bits per heavy atom. The third kappa shape index (κ3) is 2.83. The number of thioether (sulfide) groups is 2. The molecule has 3 heteroatoms. The van der Waals surface area contributed by atoms with Crippen molar-refractivity contribution in [2.45, 2.75) is 29.8 Å². The molecule has 17 heavy (non-hydrogen) atoms. The lowest BCUT2D eigenvalue weighted by molar-refractivity contribution is 0.129. The fourth-order valence-electron chi connectivity index (χ4n) is 2.48. The van der Waals surface area contributed by atoms with Crippen LogP contribution in [0.4, 0.5) is 0 Å². The standard InChI is InChI=1S/C14H18OS2/c1-2-6-14-13(5-1)11(9-17-14)8-16-10-12-4-3-7-15-12/h1-2,5-6,11-12H,3-4,7-10H2. The number of fused-ring (bicyclic) bond motifs is 1. The minimum atomic E-state index is 0.532. The average Bonchev–Trinajstić information content (AvgIpc) is 2.99. The first-order valence-electron chi connectivity index (χ1n) is 6.34. The van der Waals surface area contributed by atoms with Gasteiger partial charge in [0.1, 0.15) is 0 Å². The fourth-order valence-corrected chi connectivity index (χ4v) is 5.13. The molecule has 3 rings (SSSR count). The molecule has 2 atom stereocenters. The molecule has 0 bridgehead atoms. The first-order chi connectivity index (χ1) is 8.43. The van der Waals surface area contributed by atoms with Gasteiger partial charge in [-0.1, -0.05) is 18.2 Å². The molecule has 2 aliphatic heterocycles. The van der Waals surface area contributed by atoms with Crippen LogP contribution in [0, 0.1) is 0 Å². The van der Waals surface area contributed by atoms with E-state index in [1.807, 2.05) is 11.8 Å². The van der Waals surface area contributed by atoms with E-state index in [0.717, 1.165) is 12.5 Å². The Morgan fingerprint density at radius 2 is 2.24 bits per heavy atom. The van der Waals surface area contributed by atoms with Gasteiger partial charge in [0.05, 0.1) is 6.10 Å². The van der Waals surface area contributed by atoms with E-state index in [-0.39, 0.29) is 0 Å². The maximum atomic E-state index is 5.66. The molecular formula is C14H18OS2. The minimum Gasteiger partial charge on any atom is -0.377 e. The van der Waals surface area contributed by atoms with Gasteiger partial charge in [-0.3, -0.25) is 0 Å². The van der Waals surface area contributed by atoms with Crippen molar-refractivity contribution >= 4 is 23.5 Å². The lowest BCUT2D eigenvalue weighted by Crippen LogP contribution is -2.10. The van der Waals surface area contributed by atoms with E-state index in [0.29, 0.717) is 6.10 Å². The predicted octanol–water partition coefficient (Wildman–Crippen LogP) is 3.79. The van der Waals surface area contributed by atoms with Crippen molar-refractivity contribution in [3.05, 3.63) is 29.8 Å². The SMILES string of the molecule is c1ccc2c(c1)SCC2CSCC1CCCO1. The zero-order valence-corrected chi connectivity index (χ0v) is 11.6. The van der Waals surface area contributed by atoms with E-state index in [9.17, 15) is 0 Å². The Labute approximate surface area is 112 Å². The second-order valence-electron chi connectivity index (χ2n) is 4.72. The van der Waals surface area contributed by atoms with Crippen LogP contribution in [0.2, 0.25) is 0 Å². The number of hydrogen-bond donors (Lipinski definition) is 0. The molecule has 0 amide bonds. The van der Waals surface area contributed by atoms with Crippen LogP contribution in [-0.2, 0) is 4.74 Å². The first kappa shape index (κ1) is 11.9. The third-order valence-electron chi connectivity index (χ3n) is 3.45. The van der Waals surface area contributed by atoms with Crippen LogP contribution < -0.4 is 0 Å². The number of rotatable bonds is 4. The molecule has 0 aromatic heterocycles.